The third kappa shape index (κ3) is 1.97. The molecule has 76 valence electrons. The van der Waals surface area contributed by atoms with Gasteiger partial charge in [0.15, 0.2) is 0 Å². The summed E-state index contributed by atoms with van der Waals surface area (Å²) < 4.78 is 8.11. The summed E-state index contributed by atoms with van der Waals surface area (Å²) >= 11 is 1.68. The van der Waals surface area contributed by atoms with E-state index in [0.717, 1.165) is 0 Å². The van der Waals surface area contributed by atoms with Crippen molar-refractivity contribution in [3.8, 4) is 0 Å². The van der Waals surface area contributed by atoms with Crippen LogP contribution in [0.4, 0.5) is 0 Å². The van der Waals surface area contributed by atoms with E-state index >= 15 is 0 Å². The van der Waals surface area contributed by atoms with Gasteiger partial charge in [-0.15, -0.1) is 0 Å². The summed E-state index contributed by atoms with van der Waals surface area (Å²) in [6.07, 6.45) is 0. The number of hydrogen-bond acceptors (Lipinski definition) is 3. The first-order chi connectivity index (χ1) is 6.83. The number of hydrogen-bond donors (Lipinski definition) is 0. The van der Waals surface area contributed by atoms with Gasteiger partial charge in [-0.2, -0.15) is 0 Å². The predicted molar refractivity (Wildman–Crippen MR) is 57.9 cm³/mol. The molecular weight excluding hydrogens is 307 g/mol. The first-order valence-corrected chi connectivity index (χ1v) is 8.32. The van der Waals surface area contributed by atoms with E-state index in [1.165, 1.54) is 9.28 Å². The van der Waals surface area contributed by atoms with Gasteiger partial charge >= 0.3 is 99.7 Å². The van der Waals surface area contributed by atoms with E-state index in [0.29, 0.717) is 6.04 Å². The maximum absolute atomic E-state index is 4.50. The van der Waals surface area contributed by atoms with Crippen LogP contribution < -0.4 is 21.2 Å². The van der Waals surface area contributed by atoms with Crippen molar-refractivity contribution in [1.82, 2.24) is 4.31 Å². The molecule has 1 aromatic rings. The molecule has 0 bridgehead atoms. The van der Waals surface area contributed by atoms with Gasteiger partial charge in [0.25, 0.3) is 0 Å². The summed E-state index contributed by atoms with van der Waals surface area (Å²) in [6.45, 7) is 0. The second-order valence-corrected chi connectivity index (χ2v) is 6.15. The molecule has 0 saturated carbocycles. The number of halogens is 1. The van der Waals surface area contributed by atoms with Crippen LogP contribution in [0.1, 0.15) is 11.6 Å². The molecule has 0 aromatic heterocycles. The number of rotatable bonds is 2. The van der Waals surface area contributed by atoms with Crippen LogP contribution in [0.15, 0.2) is 34.7 Å². The van der Waals surface area contributed by atoms with Gasteiger partial charge in [-0.25, -0.2) is 0 Å². The van der Waals surface area contributed by atoms with Gasteiger partial charge in [-0.1, -0.05) is 0 Å². The minimum atomic E-state index is 0.0982. The average Bonchev–Trinajstić information content (AvgIpc) is 2.61. The molecule has 1 heterocycles. The van der Waals surface area contributed by atoms with E-state index in [-0.39, 0.29) is 21.2 Å². The van der Waals surface area contributed by atoms with Crippen LogP contribution in [0.2, 0.25) is 0 Å². The van der Waals surface area contributed by atoms with Crippen LogP contribution in [-0.2, 0) is 0 Å². The van der Waals surface area contributed by atoms with Crippen LogP contribution in [0.3, 0.4) is 0 Å². The third-order valence-corrected chi connectivity index (χ3v) is 5.17. The SMILES string of the molecule is C[I-]C1=NSN(C)C1c1ccccc1. The Balaban J connectivity index is 2.29. The molecule has 14 heavy (non-hydrogen) atoms. The Kier molecular flexibility index (Phi) is 3.46. The Bertz CT molecular complexity index is 339. The molecule has 0 spiro atoms. The molecule has 0 amide bonds. The van der Waals surface area contributed by atoms with E-state index in [4.69, 9.17) is 0 Å². The van der Waals surface area contributed by atoms with Gasteiger partial charge in [0.05, 0.1) is 0 Å². The van der Waals surface area contributed by atoms with Gasteiger partial charge in [-0.3, -0.25) is 0 Å². The minimum absolute atomic E-state index is 0.0982. The standard InChI is InChI=1S/C10H12IN2S/c1-11-10-9(13(2)14-12-10)8-6-4-3-5-7-8/h3-7,9H,1-2H3/q-1. The van der Waals surface area contributed by atoms with E-state index in [1.54, 1.807) is 12.1 Å². The summed E-state index contributed by atoms with van der Waals surface area (Å²) in [5, 5.41) is 0. The maximum atomic E-state index is 4.50. The molecular formula is C10H12IN2S-. The molecule has 1 atom stereocenters. The second-order valence-electron chi connectivity index (χ2n) is 3.04. The van der Waals surface area contributed by atoms with Gasteiger partial charge in [0, 0.05) is 0 Å². The average molecular weight is 319 g/mol. The van der Waals surface area contributed by atoms with Gasteiger partial charge < -0.3 is 0 Å². The number of nitrogens with zero attached hydrogens (tertiary/aromatic N) is 2. The van der Waals surface area contributed by atoms with Crippen molar-refractivity contribution < 1.29 is 21.2 Å². The van der Waals surface area contributed by atoms with Gasteiger partial charge in [0.1, 0.15) is 0 Å². The van der Waals surface area contributed by atoms with Crippen molar-refractivity contribution in [3.63, 3.8) is 0 Å². The summed E-state index contributed by atoms with van der Waals surface area (Å²) in [4.78, 5) is 2.27. The Morgan fingerprint density at radius 2 is 2.07 bits per heavy atom. The fraction of sp³-hybridized carbons (Fsp3) is 0.300. The first kappa shape index (κ1) is 10.4. The van der Waals surface area contributed by atoms with Crippen molar-refractivity contribution in [2.75, 3.05) is 12.0 Å². The molecule has 2 rings (SSSR count). The van der Waals surface area contributed by atoms with Crippen LogP contribution in [-0.4, -0.2) is 20.0 Å². The van der Waals surface area contributed by atoms with Crippen LogP contribution >= 0.6 is 12.1 Å². The second kappa shape index (κ2) is 4.63. The van der Waals surface area contributed by atoms with E-state index in [2.05, 4.69) is 51.0 Å². The molecule has 0 radical (unpaired) electrons. The zero-order valence-corrected chi connectivity index (χ0v) is 11.1. The van der Waals surface area contributed by atoms with Crippen molar-refractivity contribution in [3.05, 3.63) is 35.9 Å². The zero-order chi connectivity index (χ0) is 9.97. The molecule has 0 saturated heterocycles. The van der Waals surface area contributed by atoms with Crippen LogP contribution in [0.5, 0.6) is 0 Å². The predicted octanol–water partition coefficient (Wildman–Crippen LogP) is -0.646. The van der Waals surface area contributed by atoms with E-state index < -0.39 is 0 Å². The first-order valence-electron chi connectivity index (χ1n) is 4.35. The molecule has 0 N–H and O–H groups in total. The number of alkyl halides is 1. The zero-order valence-electron chi connectivity index (χ0n) is 8.14. The Morgan fingerprint density at radius 1 is 1.36 bits per heavy atom. The Labute approximate surface area is 99.3 Å². The molecule has 1 aliphatic heterocycles. The molecule has 4 heteroatoms. The molecule has 0 aliphatic carbocycles. The normalized spacial score (nSPS) is 22.7. The van der Waals surface area contributed by atoms with Gasteiger partial charge in [0.2, 0.25) is 0 Å². The van der Waals surface area contributed by atoms with Gasteiger partial charge in [-0.05, 0) is 0 Å². The van der Waals surface area contributed by atoms with Crippen LogP contribution in [0.25, 0.3) is 0 Å². The fourth-order valence-electron chi connectivity index (χ4n) is 1.47. The fourth-order valence-corrected chi connectivity index (χ4v) is 4.57. The molecule has 2 nitrogen and oxygen atoms in total. The van der Waals surface area contributed by atoms with Crippen molar-refractivity contribution in [2.24, 2.45) is 4.40 Å². The summed E-state index contributed by atoms with van der Waals surface area (Å²) in [6, 6.07) is 11.0. The van der Waals surface area contributed by atoms with Crippen molar-refractivity contribution in [1.29, 1.82) is 0 Å². The number of benzene rings is 1. The third-order valence-electron chi connectivity index (χ3n) is 2.15. The molecule has 1 aromatic carbocycles. The Morgan fingerprint density at radius 3 is 2.71 bits per heavy atom. The summed E-state index contributed by atoms with van der Waals surface area (Å²) in [5.41, 5.74) is 1.36. The van der Waals surface area contributed by atoms with Crippen molar-refractivity contribution >= 4 is 15.9 Å². The molecule has 1 aliphatic rings. The quantitative estimate of drug-likeness (QED) is 0.409. The van der Waals surface area contributed by atoms with E-state index in [9.17, 15) is 0 Å². The molecule has 1 unspecified atom stereocenters. The summed E-state index contributed by atoms with van der Waals surface area (Å²) in [7, 11) is 2.11. The van der Waals surface area contributed by atoms with E-state index in [1.807, 2.05) is 0 Å². The topological polar surface area (TPSA) is 15.6 Å². The van der Waals surface area contributed by atoms with Crippen molar-refractivity contribution in [2.45, 2.75) is 6.04 Å². The monoisotopic (exact) mass is 319 g/mol. The summed E-state index contributed by atoms with van der Waals surface area (Å²) in [5.74, 6) is 0. The van der Waals surface area contributed by atoms with Crippen LogP contribution in [0, 0.1) is 0 Å². The Hall–Kier alpha value is -0.0700. The molecule has 0 fully saturated rings.